The van der Waals surface area contributed by atoms with E-state index in [0.717, 1.165) is 0 Å². The topological polar surface area (TPSA) is 114 Å². The third-order valence-electron chi connectivity index (χ3n) is 2.35. The van der Waals surface area contributed by atoms with Crippen molar-refractivity contribution in [3.8, 4) is 0 Å². The second kappa shape index (κ2) is 12.7. The van der Waals surface area contributed by atoms with Gasteiger partial charge < -0.3 is 23.7 Å². The van der Waals surface area contributed by atoms with Crippen LogP contribution in [-0.2, 0) is 33.3 Å². The number of esters is 2. The van der Waals surface area contributed by atoms with E-state index in [1.807, 2.05) is 0 Å². The highest BCUT2D eigenvalue weighted by atomic mass is 16.7. The summed E-state index contributed by atoms with van der Waals surface area (Å²) in [5.41, 5.74) is 0.186. The Morgan fingerprint density at radius 2 is 1.04 bits per heavy atom. The molecule has 140 valence electrons. The van der Waals surface area contributed by atoms with Crippen LogP contribution in [0.4, 0.5) is 9.59 Å². The number of hydrogen-bond donors (Lipinski definition) is 0. The van der Waals surface area contributed by atoms with Gasteiger partial charge in [-0.25, -0.2) is 19.2 Å². The first-order chi connectivity index (χ1) is 11.7. The van der Waals surface area contributed by atoms with Crippen LogP contribution in [0.5, 0.6) is 0 Å². The lowest BCUT2D eigenvalue weighted by Crippen LogP contribution is -2.16. The Hall–Kier alpha value is -2.68. The van der Waals surface area contributed by atoms with Crippen LogP contribution in [0.1, 0.15) is 26.7 Å². The summed E-state index contributed by atoms with van der Waals surface area (Å²) in [6.07, 6.45) is -1.40. The summed E-state index contributed by atoms with van der Waals surface area (Å²) in [6, 6.07) is 0. The molecule has 0 heterocycles. The molecule has 0 rings (SSSR count). The van der Waals surface area contributed by atoms with Gasteiger partial charge in [0.1, 0.15) is 0 Å². The number of carbonyl (C=O) groups excluding carboxylic acids is 4. The molecule has 0 saturated heterocycles. The van der Waals surface area contributed by atoms with Gasteiger partial charge in [0.05, 0.1) is 13.2 Å². The predicted octanol–water partition coefficient (Wildman–Crippen LogP) is 2.29. The molecule has 0 saturated carbocycles. The lowest BCUT2D eigenvalue weighted by Gasteiger charge is -2.06. The van der Waals surface area contributed by atoms with Gasteiger partial charge in [0.15, 0.2) is 0 Å². The predicted molar refractivity (Wildman–Crippen MR) is 84.6 cm³/mol. The number of carbonyl (C=O) groups is 4. The summed E-state index contributed by atoms with van der Waals surface area (Å²) in [4.78, 5) is 44.2. The van der Waals surface area contributed by atoms with E-state index < -0.39 is 24.2 Å². The largest absolute Gasteiger partial charge is 0.516 e. The quantitative estimate of drug-likeness (QED) is 0.251. The molecule has 0 atom stereocenters. The molecular weight excluding hydrogens is 336 g/mol. The van der Waals surface area contributed by atoms with Gasteiger partial charge in [-0.1, -0.05) is 13.2 Å². The van der Waals surface area contributed by atoms with E-state index in [9.17, 15) is 19.2 Å². The van der Waals surface area contributed by atoms with Crippen molar-refractivity contribution in [3.05, 3.63) is 24.3 Å². The van der Waals surface area contributed by atoms with Crippen LogP contribution in [0.2, 0.25) is 0 Å². The van der Waals surface area contributed by atoms with Crippen LogP contribution in [-0.4, -0.2) is 50.7 Å². The molecule has 0 fully saturated rings. The first kappa shape index (κ1) is 22.3. The van der Waals surface area contributed by atoms with Crippen LogP contribution in [0.3, 0.4) is 0 Å². The number of rotatable bonds is 10. The van der Waals surface area contributed by atoms with Crippen LogP contribution >= 0.6 is 0 Å². The lowest BCUT2D eigenvalue weighted by molar-refractivity contribution is -0.136. The van der Waals surface area contributed by atoms with Crippen molar-refractivity contribution >= 4 is 24.2 Å². The fourth-order valence-electron chi connectivity index (χ4n) is 1.12. The smallest absolute Gasteiger partial charge is 0.434 e. The van der Waals surface area contributed by atoms with Crippen LogP contribution in [0.25, 0.3) is 0 Å². The van der Waals surface area contributed by atoms with E-state index in [4.69, 9.17) is 4.74 Å². The van der Waals surface area contributed by atoms with Crippen molar-refractivity contribution in [1.82, 2.24) is 0 Å². The Morgan fingerprint density at radius 3 is 1.36 bits per heavy atom. The van der Waals surface area contributed by atoms with E-state index in [1.165, 1.54) is 13.8 Å². The Morgan fingerprint density at radius 1 is 0.680 bits per heavy atom. The van der Waals surface area contributed by atoms with E-state index in [2.05, 4.69) is 32.1 Å². The second-order valence-corrected chi connectivity index (χ2v) is 4.86. The average molecular weight is 358 g/mol. The molecule has 9 heteroatoms. The molecule has 0 aliphatic heterocycles. The molecule has 0 spiro atoms. The molecule has 0 radical (unpaired) electrons. The van der Waals surface area contributed by atoms with Gasteiger partial charge in [0.25, 0.3) is 0 Å². The molecule has 0 bridgehead atoms. The van der Waals surface area contributed by atoms with Crippen molar-refractivity contribution in [2.24, 2.45) is 0 Å². The molecule has 9 nitrogen and oxygen atoms in total. The van der Waals surface area contributed by atoms with Crippen LogP contribution in [0, 0.1) is 0 Å². The van der Waals surface area contributed by atoms with Crippen molar-refractivity contribution in [2.45, 2.75) is 26.7 Å². The molecule has 25 heavy (non-hydrogen) atoms. The van der Waals surface area contributed by atoms with Gasteiger partial charge >= 0.3 is 24.2 Å². The molecule has 0 unspecified atom stereocenters. The van der Waals surface area contributed by atoms with Gasteiger partial charge in [0.2, 0.25) is 0 Å². The monoisotopic (exact) mass is 358 g/mol. The van der Waals surface area contributed by atoms with Gasteiger partial charge in [-0.3, -0.25) is 0 Å². The van der Waals surface area contributed by atoms with E-state index in [-0.39, 0.29) is 24.4 Å². The minimum absolute atomic E-state index is 0.0220. The normalized spacial score (nSPS) is 9.68. The van der Waals surface area contributed by atoms with Crippen molar-refractivity contribution in [1.29, 1.82) is 0 Å². The van der Waals surface area contributed by atoms with Gasteiger partial charge in [-0.05, 0) is 13.8 Å². The van der Waals surface area contributed by atoms with E-state index in [1.54, 1.807) is 0 Å². The van der Waals surface area contributed by atoms with Gasteiger partial charge in [0, 0.05) is 37.2 Å². The fraction of sp³-hybridized carbons (Fsp3) is 0.500. The van der Waals surface area contributed by atoms with Crippen molar-refractivity contribution in [2.75, 3.05) is 26.4 Å². The number of ether oxygens (including phenoxy) is 5. The van der Waals surface area contributed by atoms with E-state index >= 15 is 0 Å². The van der Waals surface area contributed by atoms with Crippen LogP contribution in [0.15, 0.2) is 24.3 Å². The highest BCUT2D eigenvalue weighted by Gasteiger charge is 2.12. The Bertz CT molecular complexity index is 476. The summed E-state index contributed by atoms with van der Waals surface area (Å²) in [7, 11) is 0. The summed E-state index contributed by atoms with van der Waals surface area (Å²) in [5.74, 6) is -1.69. The van der Waals surface area contributed by atoms with Gasteiger partial charge in [-0.2, -0.15) is 0 Å². The summed E-state index contributed by atoms with van der Waals surface area (Å²) in [6.45, 7) is 10.1. The second-order valence-electron chi connectivity index (χ2n) is 4.86. The summed E-state index contributed by atoms with van der Waals surface area (Å²) < 4.78 is 23.1. The molecular formula is C16H22O9. The third-order valence-corrected chi connectivity index (χ3v) is 2.35. The van der Waals surface area contributed by atoms with Gasteiger partial charge in [-0.15, -0.1) is 0 Å². The minimum atomic E-state index is -1.09. The molecule has 0 aromatic carbocycles. The number of hydrogen-bond acceptors (Lipinski definition) is 9. The first-order valence-corrected chi connectivity index (χ1v) is 7.40. The summed E-state index contributed by atoms with van der Waals surface area (Å²) >= 11 is 0. The van der Waals surface area contributed by atoms with E-state index in [0.29, 0.717) is 26.1 Å². The minimum Gasteiger partial charge on any atom is -0.434 e. The molecule has 0 aromatic rings. The molecule has 0 aliphatic carbocycles. The maximum absolute atomic E-state index is 11.1. The molecule has 0 aliphatic rings. The Labute approximate surface area is 145 Å². The standard InChI is InChI=1S/C16H22O9/c1-11(2)13(17)24-15(19)22-9-5-7-21-8-6-10-23-16(20)25-14(18)12(3)4/h1,3,5-10H2,2,4H3. The average Bonchev–Trinajstić information content (AvgIpc) is 2.52. The van der Waals surface area contributed by atoms with Crippen molar-refractivity contribution in [3.63, 3.8) is 0 Å². The highest BCUT2D eigenvalue weighted by molar-refractivity contribution is 5.93. The zero-order valence-electron chi connectivity index (χ0n) is 14.3. The third kappa shape index (κ3) is 12.4. The molecule has 0 N–H and O–H groups in total. The highest BCUT2D eigenvalue weighted by Crippen LogP contribution is 1.98. The fourth-order valence-corrected chi connectivity index (χ4v) is 1.12. The first-order valence-electron chi connectivity index (χ1n) is 7.40. The zero-order chi connectivity index (χ0) is 19.2. The summed E-state index contributed by atoms with van der Waals surface area (Å²) in [5, 5.41) is 0. The zero-order valence-corrected chi connectivity index (χ0v) is 14.3. The molecule has 0 aromatic heterocycles. The molecule has 0 amide bonds. The van der Waals surface area contributed by atoms with Crippen LogP contribution < -0.4 is 0 Å². The Kier molecular flexibility index (Phi) is 11.3. The van der Waals surface area contributed by atoms with Crippen molar-refractivity contribution < 1.29 is 42.9 Å². The lowest BCUT2D eigenvalue weighted by atomic mass is 10.4. The Balaban J connectivity index is 3.50. The maximum atomic E-state index is 11.1. The SMILES string of the molecule is C=C(C)C(=O)OC(=O)OCCCOCCCOC(=O)OC(=O)C(=C)C. The maximum Gasteiger partial charge on any atom is 0.516 e.